The number of hydrogen-bond acceptors (Lipinski definition) is 3. The zero-order valence-electron chi connectivity index (χ0n) is 13.5. The number of rotatable bonds is 10. The smallest absolute Gasteiger partial charge is 0.191 e. The molecule has 0 saturated carbocycles. The van der Waals surface area contributed by atoms with Crippen LogP contribution >= 0.6 is 24.0 Å². The molecular weight excluding hydrogens is 381 g/mol. The van der Waals surface area contributed by atoms with E-state index in [2.05, 4.69) is 29.5 Å². The van der Waals surface area contributed by atoms with Crippen molar-refractivity contribution < 1.29 is 9.47 Å². The topological polar surface area (TPSA) is 54.9 Å². The Bertz CT molecular complexity index is 259. The standard InChI is InChI=1S/C15H31N3O2.HI/c1-3-5-10-19-11-7-9-17-15(16-4-2)18-13-14-8-6-12-20-14;/h14H,3-13H2,1-2H3,(H2,16,17,18);1H. The number of hydrogen-bond donors (Lipinski definition) is 2. The second-order valence-electron chi connectivity index (χ2n) is 5.10. The SMILES string of the molecule is CCCCOCCCNC(=NCC1CCCO1)NCC.I. The predicted octanol–water partition coefficient (Wildman–Crippen LogP) is 2.55. The Labute approximate surface area is 146 Å². The van der Waals surface area contributed by atoms with Crippen LogP contribution in [0, 0.1) is 0 Å². The van der Waals surface area contributed by atoms with Crippen LogP contribution in [0.15, 0.2) is 4.99 Å². The molecule has 1 aliphatic rings. The Morgan fingerprint density at radius 1 is 1.24 bits per heavy atom. The van der Waals surface area contributed by atoms with Crippen molar-refractivity contribution in [3.63, 3.8) is 0 Å². The minimum atomic E-state index is 0. The number of nitrogens with zero attached hydrogens (tertiary/aromatic N) is 1. The molecule has 1 unspecified atom stereocenters. The van der Waals surface area contributed by atoms with Gasteiger partial charge in [0.05, 0.1) is 12.6 Å². The molecule has 0 radical (unpaired) electrons. The van der Waals surface area contributed by atoms with Crippen LogP contribution in [0.4, 0.5) is 0 Å². The van der Waals surface area contributed by atoms with Crippen LogP contribution in [-0.2, 0) is 9.47 Å². The van der Waals surface area contributed by atoms with Crippen molar-refractivity contribution in [2.45, 2.75) is 52.1 Å². The Hall–Kier alpha value is -0.0800. The molecule has 0 spiro atoms. The maximum Gasteiger partial charge on any atom is 0.191 e. The molecule has 0 aromatic rings. The van der Waals surface area contributed by atoms with Crippen molar-refractivity contribution in [1.29, 1.82) is 0 Å². The molecule has 0 aromatic heterocycles. The molecule has 1 atom stereocenters. The van der Waals surface area contributed by atoms with E-state index in [1.807, 2.05) is 0 Å². The molecule has 5 nitrogen and oxygen atoms in total. The highest BCUT2D eigenvalue weighted by Crippen LogP contribution is 2.11. The summed E-state index contributed by atoms with van der Waals surface area (Å²) in [4.78, 5) is 4.57. The fourth-order valence-electron chi connectivity index (χ4n) is 2.05. The second-order valence-corrected chi connectivity index (χ2v) is 5.10. The van der Waals surface area contributed by atoms with Gasteiger partial charge in [0.2, 0.25) is 0 Å². The number of aliphatic imine (C=N–C) groups is 1. The molecule has 1 fully saturated rings. The average molecular weight is 413 g/mol. The summed E-state index contributed by atoms with van der Waals surface area (Å²) < 4.78 is 11.1. The number of halogens is 1. The van der Waals surface area contributed by atoms with Crippen LogP contribution in [0.2, 0.25) is 0 Å². The quantitative estimate of drug-likeness (QED) is 0.250. The summed E-state index contributed by atoms with van der Waals surface area (Å²) in [7, 11) is 0. The molecule has 0 aliphatic carbocycles. The van der Waals surface area contributed by atoms with Gasteiger partial charge < -0.3 is 20.1 Å². The van der Waals surface area contributed by atoms with Gasteiger partial charge in [-0.1, -0.05) is 13.3 Å². The van der Waals surface area contributed by atoms with Gasteiger partial charge in [0.25, 0.3) is 0 Å². The molecule has 0 bridgehead atoms. The van der Waals surface area contributed by atoms with Crippen molar-refractivity contribution in [1.82, 2.24) is 10.6 Å². The third kappa shape index (κ3) is 11.2. The summed E-state index contributed by atoms with van der Waals surface area (Å²) in [5.41, 5.74) is 0. The van der Waals surface area contributed by atoms with E-state index in [1.165, 1.54) is 12.8 Å². The largest absolute Gasteiger partial charge is 0.381 e. The van der Waals surface area contributed by atoms with Gasteiger partial charge in [0, 0.05) is 32.9 Å². The van der Waals surface area contributed by atoms with E-state index in [1.54, 1.807) is 0 Å². The number of unbranched alkanes of at least 4 members (excludes halogenated alkanes) is 1. The Balaban J connectivity index is 0.00000400. The molecule has 0 aromatic carbocycles. The molecule has 1 rings (SSSR count). The molecule has 6 heteroatoms. The zero-order valence-corrected chi connectivity index (χ0v) is 15.9. The third-order valence-electron chi connectivity index (χ3n) is 3.22. The van der Waals surface area contributed by atoms with E-state index in [4.69, 9.17) is 9.47 Å². The Morgan fingerprint density at radius 2 is 2.05 bits per heavy atom. The highest BCUT2D eigenvalue weighted by atomic mass is 127. The summed E-state index contributed by atoms with van der Waals surface area (Å²) in [6.07, 6.45) is 5.96. The lowest BCUT2D eigenvalue weighted by Gasteiger charge is -2.13. The molecule has 1 heterocycles. The monoisotopic (exact) mass is 413 g/mol. The van der Waals surface area contributed by atoms with Crippen molar-refractivity contribution in [3.05, 3.63) is 0 Å². The van der Waals surface area contributed by atoms with E-state index in [-0.39, 0.29) is 24.0 Å². The van der Waals surface area contributed by atoms with Gasteiger partial charge in [-0.25, -0.2) is 0 Å². The van der Waals surface area contributed by atoms with Crippen LogP contribution in [0.1, 0.15) is 46.0 Å². The van der Waals surface area contributed by atoms with Gasteiger partial charge in [-0.3, -0.25) is 4.99 Å². The lowest BCUT2D eigenvalue weighted by atomic mass is 10.2. The first-order chi connectivity index (χ1) is 9.86. The first-order valence-corrected chi connectivity index (χ1v) is 8.08. The van der Waals surface area contributed by atoms with E-state index in [9.17, 15) is 0 Å². The van der Waals surface area contributed by atoms with E-state index in [0.717, 1.165) is 64.7 Å². The van der Waals surface area contributed by atoms with Gasteiger partial charge >= 0.3 is 0 Å². The molecular formula is C15H32IN3O2. The minimum absolute atomic E-state index is 0. The summed E-state index contributed by atoms with van der Waals surface area (Å²) in [5.74, 6) is 0.886. The second kappa shape index (κ2) is 14.8. The molecule has 21 heavy (non-hydrogen) atoms. The minimum Gasteiger partial charge on any atom is -0.381 e. The first-order valence-electron chi connectivity index (χ1n) is 8.08. The highest BCUT2D eigenvalue weighted by Gasteiger charge is 2.14. The molecule has 126 valence electrons. The summed E-state index contributed by atoms with van der Waals surface area (Å²) in [5, 5.41) is 6.60. The van der Waals surface area contributed by atoms with Crippen LogP contribution in [0.25, 0.3) is 0 Å². The van der Waals surface area contributed by atoms with E-state index in [0.29, 0.717) is 6.10 Å². The van der Waals surface area contributed by atoms with Crippen molar-refractivity contribution in [3.8, 4) is 0 Å². The first kappa shape index (κ1) is 20.9. The lowest BCUT2D eigenvalue weighted by molar-refractivity contribution is 0.117. The number of guanidine groups is 1. The number of ether oxygens (including phenoxy) is 2. The maximum atomic E-state index is 5.58. The summed E-state index contributed by atoms with van der Waals surface area (Å²) in [6, 6.07) is 0. The van der Waals surface area contributed by atoms with Crippen molar-refractivity contribution in [2.75, 3.05) is 39.5 Å². The average Bonchev–Trinajstić information content (AvgIpc) is 2.97. The Kier molecular flexibility index (Phi) is 14.8. The summed E-state index contributed by atoms with van der Waals surface area (Å²) in [6.45, 7) is 9.37. The fraction of sp³-hybridized carbons (Fsp3) is 0.933. The molecule has 1 saturated heterocycles. The van der Waals surface area contributed by atoms with Crippen LogP contribution in [0.5, 0.6) is 0 Å². The van der Waals surface area contributed by atoms with Gasteiger partial charge in [-0.2, -0.15) is 0 Å². The van der Waals surface area contributed by atoms with Crippen LogP contribution < -0.4 is 10.6 Å². The van der Waals surface area contributed by atoms with Crippen molar-refractivity contribution in [2.24, 2.45) is 4.99 Å². The highest BCUT2D eigenvalue weighted by molar-refractivity contribution is 14.0. The summed E-state index contributed by atoms with van der Waals surface area (Å²) >= 11 is 0. The van der Waals surface area contributed by atoms with Gasteiger partial charge in [-0.15, -0.1) is 24.0 Å². The van der Waals surface area contributed by atoms with Crippen LogP contribution in [-0.4, -0.2) is 51.5 Å². The third-order valence-corrected chi connectivity index (χ3v) is 3.22. The van der Waals surface area contributed by atoms with Gasteiger partial charge in [-0.05, 0) is 32.6 Å². The lowest BCUT2D eigenvalue weighted by Crippen LogP contribution is -2.38. The zero-order chi connectivity index (χ0) is 14.5. The predicted molar refractivity (Wildman–Crippen MR) is 98.7 cm³/mol. The molecule has 0 amide bonds. The number of nitrogens with one attached hydrogen (secondary N) is 2. The van der Waals surface area contributed by atoms with E-state index >= 15 is 0 Å². The normalized spacial score (nSPS) is 18.4. The fourth-order valence-corrected chi connectivity index (χ4v) is 2.05. The maximum absolute atomic E-state index is 5.58. The van der Waals surface area contributed by atoms with Crippen molar-refractivity contribution >= 4 is 29.9 Å². The Morgan fingerprint density at radius 3 is 2.71 bits per heavy atom. The van der Waals surface area contributed by atoms with Gasteiger partial charge in [0.1, 0.15) is 0 Å². The van der Waals surface area contributed by atoms with Gasteiger partial charge in [0.15, 0.2) is 5.96 Å². The molecule has 2 N–H and O–H groups in total. The van der Waals surface area contributed by atoms with Crippen LogP contribution in [0.3, 0.4) is 0 Å². The molecule has 1 aliphatic heterocycles. The van der Waals surface area contributed by atoms with E-state index < -0.39 is 0 Å².